The van der Waals surface area contributed by atoms with Crippen LogP contribution in [-0.2, 0) is 0 Å². The number of nitrogens with zero attached hydrogens (tertiary/aromatic N) is 1. The van der Waals surface area contributed by atoms with Gasteiger partial charge in [-0.3, -0.25) is 0 Å². The molecule has 0 bridgehead atoms. The standard InChI is InChI=1S/C19H11ClF5N3O/c20-13-2-1-3-14(22)17(13)15-8-16(29-28-15)12(9-26)18(19(23,24)25)27-11-6-4-10(21)5-7-11/h1-9,26-27H/b18-12+,26-9?. The lowest BCUT2D eigenvalue weighted by molar-refractivity contribution is -0.0896. The summed E-state index contributed by atoms with van der Waals surface area (Å²) < 4.78 is 72.9. The van der Waals surface area contributed by atoms with Crippen LogP contribution in [0.15, 0.2) is 58.8 Å². The highest BCUT2D eigenvalue weighted by molar-refractivity contribution is 6.33. The molecule has 2 aromatic carbocycles. The average molecular weight is 428 g/mol. The fourth-order valence-corrected chi connectivity index (χ4v) is 2.76. The Morgan fingerprint density at radius 2 is 1.79 bits per heavy atom. The van der Waals surface area contributed by atoms with E-state index in [1.165, 1.54) is 12.1 Å². The minimum absolute atomic E-state index is 0.00860. The second-order valence-corrected chi connectivity index (χ2v) is 6.14. The van der Waals surface area contributed by atoms with Crippen LogP contribution < -0.4 is 5.32 Å². The molecule has 3 aromatic rings. The molecule has 2 N–H and O–H groups in total. The minimum Gasteiger partial charge on any atom is -0.356 e. The van der Waals surface area contributed by atoms with Crippen LogP contribution >= 0.6 is 11.6 Å². The molecule has 29 heavy (non-hydrogen) atoms. The van der Waals surface area contributed by atoms with E-state index in [1.807, 2.05) is 0 Å². The summed E-state index contributed by atoms with van der Waals surface area (Å²) in [5.74, 6) is -1.79. The SMILES string of the molecule is N=C/C(=C(\Nc1ccc(F)cc1)C(F)(F)F)c1cc(-c2c(F)cccc2Cl)no1. The van der Waals surface area contributed by atoms with Gasteiger partial charge in [0, 0.05) is 18.0 Å². The number of halogens is 6. The molecule has 0 saturated carbocycles. The Morgan fingerprint density at radius 1 is 1.10 bits per heavy atom. The zero-order valence-electron chi connectivity index (χ0n) is 14.3. The number of hydrogen-bond donors (Lipinski definition) is 2. The molecular formula is C19H11ClF5N3O. The largest absolute Gasteiger partial charge is 0.432 e. The molecule has 4 nitrogen and oxygen atoms in total. The van der Waals surface area contributed by atoms with Gasteiger partial charge in [0.15, 0.2) is 5.76 Å². The van der Waals surface area contributed by atoms with E-state index in [9.17, 15) is 22.0 Å². The van der Waals surface area contributed by atoms with Gasteiger partial charge in [0.05, 0.1) is 16.2 Å². The molecule has 150 valence electrons. The fraction of sp³-hybridized carbons (Fsp3) is 0.0526. The van der Waals surface area contributed by atoms with Crippen LogP contribution in [0.3, 0.4) is 0 Å². The number of anilines is 1. The van der Waals surface area contributed by atoms with Gasteiger partial charge in [0.25, 0.3) is 0 Å². The Kier molecular flexibility index (Phi) is 5.69. The van der Waals surface area contributed by atoms with Crippen molar-refractivity contribution in [1.29, 1.82) is 5.41 Å². The molecule has 0 saturated heterocycles. The summed E-state index contributed by atoms with van der Waals surface area (Å²) in [4.78, 5) is 0. The van der Waals surface area contributed by atoms with Gasteiger partial charge in [-0.1, -0.05) is 22.8 Å². The van der Waals surface area contributed by atoms with E-state index >= 15 is 0 Å². The average Bonchev–Trinajstić information content (AvgIpc) is 3.11. The van der Waals surface area contributed by atoms with Gasteiger partial charge in [0.2, 0.25) is 0 Å². The lowest BCUT2D eigenvalue weighted by Crippen LogP contribution is -2.21. The topological polar surface area (TPSA) is 61.9 Å². The van der Waals surface area contributed by atoms with Crippen molar-refractivity contribution in [3.63, 3.8) is 0 Å². The second-order valence-electron chi connectivity index (χ2n) is 5.74. The number of alkyl halides is 3. The van der Waals surface area contributed by atoms with Crippen molar-refractivity contribution in [3.05, 3.63) is 76.6 Å². The predicted octanol–water partition coefficient (Wildman–Crippen LogP) is 6.31. The van der Waals surface area contributed by atoms with Crippen molar-refractivity contribution >= 4 is 29.1 Å². The highest BCUT2D eigenvalue weighted by Crippen LogP contribution is 2.35. The molecule has 1 aromatic heterocycles. The number of nitrogens with one attached hydrogen (secondary N) is 2. The first-order chi connectivity index (χ1) is 13.7. The lowest BCUT2D eigenvalue weighted by atomic mass is 10.1. The summed E-state index contributed by atoms with van der Waals surface area (Å²) in [5, 5.41) is 13.1. The van der Waals surface area contributed by atoms with E-state index < -0.39 is 34.8 Å². The quantitative estimate of drug-likeness (QED) is 0.370. The van der Waals surface area contributed by atoms with Crippen molar-refractivity contribution in [1.82, 2.24) is 5.16 Å². The van der Waals surface area contributed by atoms with Crippen LogP contribution in [0.1, 0.15) is 5.76 Å². The van der Waals surface area contributed by atoms with Crippen molar-refractivity contribution in [3.8, 4) is 11.3 Å². The highest BCUT2D eigenvalue weighted by atomic mass is 35.5. The molecule has 0 unspecified atom stereocenters. The normalized spacial score (nSPS) is 12.5. The summed E-state index contributed by atoms with van der Waals surface area (Å²) in [7, 11) is 0. The molecule has 0 aliphatic rings. The molecular weight excluding hydrogens is 417 g/mol. The van der Waals surface area contributed by atoms with Gasteiger partial charge >= 0.3 is 6.18 Å². The third-order valence-electron chi connectivity index (χ3n) is 3.81. The van der Waals surface area contributed by atoms with E-state index in [0.29, 0.717) is 6.21 Å². The van der Waals surface area contributed by atoms with Gasteiger partial charge in [0.1, 0.15) is 23.0 Å². The van der Waals surface area contributed by atoms with Crippen LogP contribution in [0.5, 0.6) is 0 Å². The van der Waals surface area contributed by atoms with E-state index in [2.05, 4.69) is 10.5 Å². The number of rotatable bonds is 5. The smallest absolute Gasteiger partial charge is 0.356 e. The number of benzene rings is 2. The monoisotopic (exact) mass is 427 g/mol. The third kappa shape index (κ3) is 4.45. The van der Waals surface area contributed by atoms with E-state index in [4.69, 9.17) is 21.5 Å². The molecule has 3 rings (SSSR count). The molecule has 10 heteroatoms. The number of aromatic nitrogens is 1. The van der Waals surface area contributed by atoms with Crippen molar-refractivity contribution in [2.75, 3.05) is 5.32 Å². The second kappa shape index (κ2) is 8.04. The molecule has 0 amide bonds. The molecule has 0 fully saturated rings. The van der Waals surface area contributed by atoms with Crippen molar-refractivity contribution in [2.24, 2.45) is 0 Å². The van der Waals surface area contributed by atoms with Crippen LogP contribution in [0.2, 0.25) is 5.02 Å². The van der Waals surface area contributed by atoms with Crippen LogP contribution in [0.25, 0.3) is 16.8 Å². The maximum Gasteiger partial charge on any atom is 0.432 e. The zero-order valence-corrected chi connectivity index (χ0v) is 15.1. The Labute approximate surface area is 166 Å². The van der Waals surface area contributed by atoms with Gasteiger partial charge in [-0.2, -0.15) is 13.2 Å². The molecule has 0 aliphatic carbocycles. The predicted molar refractivity (Wildman–Crippen MR) is 98.7 cm³/mol. The Hall–Kier alpha value is -3.20. The summed E-state index contributed by atoms with van der Waals surface area (Å²) >= 11 is 5.94. The Bertz CT molecular complexity index is 1050. The summed E-state index contributed by atoms with van der Waals surface area (Å²) in [6.45, 7) is 0. The van der Waals surface area contributed by atoms with Crippen molar-refractivity contribution in [2.45, 2.75) is 6.18 Å². The van der Waals surface area contributed by atoms with Crippen molar-refractivity contribution < 1.29 is 26.5 Å². The molecule has 0 spiro atoms. The Morgan fingerprint density at radius 3 is 2.38 bits per heavy atom. The third-order valence-corrected chi connectivity index (χ3v) is 4.12. The van der Waals surface area contributed by atoms with Gasteiger partial charge in [-0.25, -0.2) is 8.78 Å². The minimum atomic E-state index is -4.91. The van der Waals surface area contributed by atoms with E-state index in [1.54, 1.807) is 0 Å². The van der Waals surface area contributed by atoms with Gasteiger partial charge < -0.3 is 15.2 Å². The van der Waals surface area contributed by atoms with Gasteiger partial charge in [-0.05, 0) is 36.4 Å². The van der Waals surface area contributed by atoms with Gasteiger partial charge in [-0.15, -0.1) is 0 Å². The van der Waals surface area contributed by atoms with E-state index in [0.717, 1.165) is 36.4 Å². The molecule has 0 aliphatic heterocycles. The first-order valence-electron chi connectivity index (χ1n) is 7.96. The first kappa shape index (κ1) is 20.5. The number of allylic oxidation sites excluding steroid dienone is 2. The fourth-order valence-electron chi connectivity index (χ4n) is 2.50. The summed E-state index contributed by atoms with van der Waals surface area (Å²) in [6, 6.07) is 9.07. The van der Waals surface area contributed by atoms with Crippen LogP contribution in [0, 0.1) is 17.0 Å². The summed E-state index contributed by atoms with van der Waals surface area (Å²) in [6.07, 6.45) is -4.49. The maximum absolute atomic E-state index is 14.1. The maximum atomic E-state index is 14.1. The summed E-state index contributed by atoms with van der Waals surface area (Å²) in [5.41, 5.74) is -2.36. The van der Waals surface area contributed by atoms with Crippen LogP contribution in [-0.4, -0.2) is 17.5 Å². The zero-order chi connectivity index (χ0) is 21.2. The Balaban J connectivity index is 2.09. The highest BCUT2D eigenvalue weighted by Gasteiger charge is 2.38. The molecule has 0 atom stereocenters. The van der Waals surface area contributed by atoms with Crippen LogP contribution in [0.4, 0.5) is 27.6 Å². The lowest BCUT2D eigenvalue weighted by Gasteiger charge is -2.16. The first-order valence-corrected chi connectivity index (χ1v) is 8.34. The molecule has 0 radical (unpaired) electrons. The number of hydrogen-bond acceptors (Lipinski definition) is 4. The molecule has 1 heterocycles. The van der Waals surface area contributed by atoms with E-state index in [-0.39, 0.29) is 22.0 Å².